The summed E-state index contributed by atoms with van der Waals surface area (Å²) < 4.78 is 5.79. The zero-order valence-electron chi connectivity index (χ0n) is 11.1. The molecule has 1 heterocycles. The van der Waals surface area contributed by atoms with E-state index in [1.165, 1.54) is 16.7 Å². The Morgan fingerprint density at radius 2 is 2.00 bits per heavy atom. The summed E-state index contributed by atoms with van der Waals surface area (Å²) in [5.74, 6) is 1.49. The second-order valence-corrected chi connectivity index (χ2v) is 6.20. The first-order valence-corrected chi connectivity index (χ1v) is 8.33. The number of alkyl halides is 1. The van der Waals surface area contributed by atoms with Crippen LogP contribution in [-0.4, -0.2) is 11.9 Å². The summed E-state index contributed by atoms with van der Waals surface area (Å²) >= 11 is 9.87. The van der Waals surface area contributed by atoms with Gasteiger partial charge in [0.1, 0.15) is 5.75 Å². The summed E-state index contributed by atoms with van der Waals surface area (Å²) in [6.45, 7) is 0.771. The number of halogens is 2. The van der Waals surface area contributed by atoms with Crippen LogP contribution < -0.4 is 4.74 Å². The molecule has 3 heteroatoms. The molecule has 20 heavy (non-hydrogen) atoms. The van der Waals surface area contributed by atoms with Gasteiger partial charge in [0.25, 0.3) is 0 Å². The number of hydrogen-bond donors (Lipinski definition) is 0. The molecule has 0 amide bonds. The van der Waals surface area contributed by atoms with Crippen molar-refractivity contribution >= 4 is 27.5 Å². The molecule has 104 valence electrons. The maximum Gasteiger partial charge on any atom is 0.125 e. The lowest BCUT2D eigenvalue weighted by Gasteiger charge is -2.17. The molecule has 1 nitrogen and oxygen atoms in total. The maximum atomic E-state index is 6.23. The SMILES string of the molecule is Clc1cc2c(c(CC(CBr)c3ccccc3)c1)OCC2. The molecular weight excluding hydrogens is 336 g/mol. The molecule has 3 rings (SSSR count). The first kappa shape index (κ1) is 14.0. The van der Waals surface area contributed by atoms with Crippen LogP contribution in [0.2, 0.25) is 5.02 Å². The van der Waals surface area contributed by atoms with Crippen molar-refractivity contribution in [1.82, 2.24) is 0 Å². The average molecular weight is 352 g/mol. The van der Waals surface area contributed by atoms with E-state index in [1.54, 1.807) is 0 Å². The van der Waals surface area contributed by atoms with Gasteiger partial charge in [-0.05, 0) is 41.2 Å². The molecule has 1 unspecified atom stereocenters. The van der Waals surface area contributed by atoms with Crippen LogP contribution in [0.4, 0.5) is 0 Å². The van der Waals surface area contributed by atoms with Gasteiger partial charge in [-0.1, -0.05) is 57.9 Å². The highest BCUT2D eigenvalue weighted by Crippen LogP contribution is 2.36. The van der Waals surface area contributed by atoms with Crippen LogP contribution in [-0.2, 0) is 12.8 Å². The Hall–Kier alpha value is -0.990. The number of benzene rings is 2. The Kier molecular flexibility index (Phi) is 4.32. The van der Waals surface area contributed by atoms with Crippen molar-refractivity contribution in [1.29, 1.82) is 0 Å². The van der Waals surface area contributed by atoms with E-state index in [4.69, 9.17) is 16.3 Å². The molecule has 0 bridgehead atoms. The highest BCUT2D eigenvalue weighted by molar-refractivity contribution is 9.09. The van der Waals surface area contributed by atoms with Crippen LogP contribution in [0.25, 0.3) is 0 Å². The van der Waals surface area contributed by atoms with Crippen molar-refractivity contribution in [2.24, 2.45) is 0 Å². The predicted octanol–water partition coefficient (Wildman–Crippen LogP) is 5.00. The van der Waals surface area contributed by atoms with Crippen LogP contribution in [0.1, 0.15) is 22.6 Å². The fourth-order valence-corrected chi connectivity index (χ4v) is 3.62. The molecule has 0 aliphatic carbocycles. The zero-order valence-corrected chi connectivity index (χ0v) is 13.5. The molecule has 2 aromatic rings. The molecule has 1 aliphatic heterocycles. The van der Waals surface area contributed by atoms with Crippen LogP contribution in [0.5, 0.6) is 5.75 Å². The van der Waals surface area contributed by atoms with E-state index < -0.39 is 0 Å². The van der Waals surface area contributed by atoms with E-state index in [2.05, 4.69) is 46.3 Å². The van der Waals surface area contributed by atoms with E-state index in [1.807, 2.05) is 12.1 Å². The number of fused-ring (bicyclic) bond motifs is 1. The Morgan fingerprint density at radius 3 is 2.75 bits per heavy atom. The summed E-state index contributed by atoms with van der Waals surface area (Å²) in [6, 6.07) is 14.7. The quantitative estimate of drug-likeness (QED) is 0.705. The molecule has 0 radical (unpaired) electrons. The van der Waals surface area contributed by atoms with Gasteiger partial charge in [-0.25, -0.2) is 0 Å². The first-order valence-electron chi connectivity index (χ1n) is 6.83. The van der Waals surface area contributed by atoms with Gasteiger partial charge in [-0.15, -0.1) is 0 Å². The maximum absolute atomic E-state index is 6.23. The highest BCUT2D eigenvalue weighted by atomic mass is 79.9. The van der Waals surface area contributed by atoms with E-state index in [0.717, 1.165) is 35.6 Å². The fourth-order valence-electron chi connectivity index (χ4n) is 2.75. The topological polar surface area (TPSA) is 9.23 Å². The lowest BCUT2D eigenvalue weighted by atomic mass is 9.92. The molecule has 0 aromatic heterocycles. The van der Waals surface area contributed by atoms with Gasteiger partial charge < -0.3 is 4.74 Å². The van der Waals surface area contributed by atoms with E-state index >= 15 is 0 Å². The summed E-state index contributed by atoms with van der Waals surface area (Å²) in [6.07, 6.45) is 1.91. The normalized spacial score (nSPS) is 14.7. The third-order valence-electron chi connectivity index (χ3n) is 3.75. The smallest absolute Gasteiger partial charge is 0.125 e. The van der Waals surface area contributed by atoms with Crippen molar-refractivity contribution < 1.29 is 4.74 Å². The van der Waals surface area contributed by atoms with E-state index in [-0.39, 0.29) is 0 Å². The van der Waals surface area contributed by atoms with Gasteiger partial charge >= 0.3 is 0 Å². The van der Waals surface area contributed by atoms with Gasteiger partial charge in [0.05, 0.1) is 6.61 Å². The third-order valence-corrected chi connectivity index (χ3v) is 4.75. The Balaban J connectivity index is 1.91. The van der Waals surface area contributed by atoms with Crippen molar-refractivity contribution in [3.05, 3.63) is 64.2 Å². The summed E-state index contributed by atoms with van der Waals surface area (Å²) in [5.41, 5.74) is 3.81. The minimum atomic E-state index is 0.433. The largest absolute Gasteiger partial charge is 0.493 e. The summed E-state index contributed by atoms with van der Waals surface area (Å²) in [4.78, 5) is 0. The minimum Gasteiger partial charge on any atom is -0.493 e. The lowest BCUT2D eigenvalue weighted by Crippen LogP contribution is -2.05. The number of hydrogen-bond acceptors (Lipinski definition) is 1. The fraction of sp³-hybridized carbons (Fsp3) is 0.294. The molecule has 0 fully saturated rings. The second-order valence-electron chi connectivity index (χ2n) is 5.12. The second kappa shape index (κ2) is 6.19. The molecule has 2 aromatic carbocycles. The summed E-state index contributed by atoms with van der Waals surface area (Å²) in [5, 5.41) is 1.74. The molecule has 1 atom stereocenters. The predicted molar refractivity (Wildman–Crippen MR) is 87.3 cm³/mol. The van der Waals surface area contributed by atoms with Gasteiger partial charge in [0.2, 0.25) is 0 Å². The standard InChI is InChI=1S/C17H16BrClO/c18-11-15(12-4-2-1-3-5-12)8-14-10-16(19)9-13-6-7-20-17(13)14/h1-5,9-10,15H,6-8,11H2. The number of ether oxygens (including phenoxy) is 1. The van der Waals surface area contributed by atoms with Crippen LogP contribution in [0.3, 0.4) is 0 Å². The van der Waals surface area contributed by atoms with Gasteiger partial charge in [0, 0.05) is 16.8 Å². The molecular formula is C17H16BrClO. The van der Waals surface area contributed by atoms with Gasteiger partial charge in [-0.2, -0.15) is 0 Å². The van der Waals surface area contributed by atoms with Crippen LogP contribution >= 0.6 is 27.5 Å². The molecule has 0 saturated heterocycles. The third kappa shape index (κ3) is 2.87. The lowest BCUT2D eigenvalue weighted by molar-refractivity contribution is 0.353. The first-order chi connectivity index (χ1) is 9.78. The molecule has 0 spiro atoms. The zero-order chi connectivity index (χ0) is 13.9. The van der Waals surface area contributed by atoms with Crippen LogP contribution in [0.15, 0.2) is 42.5 Å². The average Bonchev–Trinajstić information content (AvgIpc) is 2.93. The summed E-state index contributed by atoms with van der Waals surface area (Å²) in [7, 11) is 0. The molecule has 1 aliphatic rings. The van der Waals surface area contributed by atoms with Crippen molar-refractivity contribution in [2.75, 3.05) is 11.9 Å². The molecule has 0 N–H and O–H groups in total. The monoisotopic (exact) mass is 350 g/mol. The van der Waals surface area contributed by atoms with Crippen molar-refractivity contribution in [3.8, 4) is 5.75 Å². The van der Waals surface area contributed by atoms with Crippen molar-refractivity contribution in [2.45, 2.75) is 18.8 Å². The van der Waals surface area contributed by atoms with E-state index in [0.29, 0.717) is 5.92 Å². The Morgan fingerprint density at radius 1 is 1.20 bits per heavy atom. The highest BCUT2D eigenvalue weighted by Gasteiger charge is 2.20. The van der Waals surface area contributed by atoms with Gasteiger partial charge in [-0.3, -0.25) is 0 Å². The number of rotatable bonds is 4. The molecule has 0 saturated carbocycles. The van der Waals surface area contributed by atoms with Crippen molar-refractivity contribution in [3.63, 3.8) is 0 Å². The Labute approximate surface area is 133 Å². The Bertz CT molecular complexity index is 597. The van der Waals surface area contributed by atoms with E-state index in [9.17, 15) is 0 Å². The van der Waals surface area contributed by atoms with Crippen LogP contribution in [0, 0.1) is 0 Å². The van der Waals surface area contributed by atoms with Gasteiger partial charge in [0.15, 0.2) is 0 Å². The minimum absolute atomic E-state index is 0.433.